The molecule has 0 saturated heterocycles. The Labute approximate surface area is 192 Å². The molecule has 3 saturated carbocycles. The Kier molecular flexibility index (Phi) is 7.44. The molecule has 0 radical (unpaired) electrons. The molecule has 0 aliphatic heterocycles. The Hall–Kier alpha value is -1.04. The van der Waals surface area contributed by atoms with Crippen LogP contribution in [0.15, 0.2) is 35.5 Å². The molecule has 5 heteroatoms. The quantitative estimate of drug-likeness (QED) is 0.467. The van der Waals surface area contributed by atoms with E-state index in [9.17, 15) is 24.1 Å². The molecule has 3 fully saturated rings. The molecule has 0 heterocycles. The van der Waals surface area contributed by atoms with Gasteiger partial charge in [0.05, 0.1) is 11.7 Å². The molecule has 0 bridgehead atoms. The average Bonchev–Trinajstić information content (AvgIpc) is 3.03. The molecule has 1 unspecified atom stereocenters. The largest absolute Gasteiger partial charge is 0.390 e. The molecule has 182 valence electrons. The van der Waals surface area contributed by atoms with Crippen molar-refractivity contribution in [2.45, 2.75) is 109 Å². The summed E-state index contributed by atoms with van der Waals surface area (Å²) in [5, 5.41) is 29.9. The zero-order valence-corrected chi connectivity index (χ0v) is 20.2. The molecule has 3 N–H and O–H groups in total. The lowest BCUT2D eigenvalue weighted by molar-refractivity contribution is -0.103. The number of rotatable bonds is 6. The fourth-order valence-corrected chi connectivity index (χ4v) is 6.76. The molecule has 32 heavy (non-hydrogen) atoms. The molecule has 3 rings (SSSR count). The van der Waals surface area contributed by atoms with Crippen molar-refractivity contribution in [2.24, 2.45) is 23.2 Å². The van der Waals surface area contributed by atoms with Crippen molar-refractivity contribution in [1.82, 2.24) is 0 Å². The van der Waals surface area contributed by atoms with Crippen molar-refractivity contribution in [2.75, 3.05) is 0 Å². The van der Waals surface area contributed by atoms with Gasteiger partial charge in [-0.2, -0.15) is 8.78 Å². The second kappa shape index (κ2) is 9.31. The third-order valence-electron chi connectivity index (χ3n) is 8.61. The summed E-state index contributed by atoms with van der Waals surface area (Å²) < 4.78 is 29.2. The van der Waals surface area contributed by atoms with Crippen molar-refractivity contribution in [3.8, 4) is 0 Å². The third-order valence-corrected chi connectivity index (χ3v) is 8.61. The number of aliphatic hydroxyl groups is 3. The molecule has 3 aliphatic carbocycles. The highest BCUT2D eigenvalue weighted by Gasteiger charge is 2.51. The Bertz CT molecular complexity index is 763. The van der Waals surface area contributed by atoms with Gasteiger partial charge in [-0.05, 0) is 81.1 Å². The van der Waals surface area contributed by atoms with Gasteiger partial charge in [0.1, 0.15) is 6.10 Å². The van der Waals surface area contributed by atoms with E-state index >= 15 is 0 Å². The fourth-order valence-electron chi connectivity index (χ4n) is 6.76. The van der Waals surface area contributed by atoms with E-state index in [4.69, 9.17) is 0 Å². The summed E-state index contributed by atoms with van der Waals surface area (Å²) in [5.41, 5.74) is 0.443. The summed E-state index contributed by atoms with van der Waals surface area (Å²) in [4.78, 5) is 0. The van der Waals surface area contributed by atoms with E-state index in [1.54, 1.807) is 0 Å². The number of fused-ring (bicyclic) bond motifs is 1. The van der Waals surface area contributed by atoms with Gasteiger partial charge in [0.2, 0.25) is 0 Å². The lowest BCUT2D eigenvalue weighted by Gasteiger charge is -2.44. The van der Waals surface area contributed by atoms with Crippen LogP contribution in [0, 0.1) is 23.2 Å². The van der Waals surface area contributed by atoms with Gasteiger partial charge >= 0.3 is 0 Å². The van der Waals surface area contributed by atoms with Gasteiger partial charge in [0.15, 0.2) is 0 Å². The minimum atomic E-state index is -3.39. The third kappa shape index (κ3) is 5.05. The highest BCUT2D eigenvalue weighted by molar-refractivity contribution is 5.44. The maximum atomic E-state index is 14.6. The molecule has 0 aromatic rings. The minimum absolute atomic E-state index is 0.0143. The van der Waals surface area contributed by atoms with Crippen LogP contribution in [-0.2, 0) is 0 Å². The minimum Gasteiger partial charge on any atom is -0.390 e. The van der Waals surface area contributed by atoms with Crippen LogP contribution in [0.25, 0.3) is 0 Å². The summed E-state index contributed by atoms with van der Waals surface area (Å²) >= 11 is 0. The van der Waals surface area contributed by atoms with Crippen LogP contribution in [0.3, 0.4) is 0 Å². The van der Waals surface area contributed by atoms with Crippen molar-refractivity contribution in [1.29, 1.82) is 0 Å². The Balaban J connectivity index is 1.77. The Morgan fingerprint density at radius 1 is 1.22 bits per heavy atom. The first-order valence-corrected chi connectivity index (χ1v) is 12.3. The van der Waals surface area contributed by atoms with Crippen LogP contribution < -0.4 is 0 Å². The first-order valence-electron chi connectivity index (χ1n) is 12.3. The number of halogens is 2. The number of alkyl halides is 2. The Morgan fingerprint density at radius 3 is 2.56 bits per heavy atom. The zero-order chi connectivity index (χ0) is 23.9. The van der Waals surface area contributed by atoms with Crippen LogP contribution in [0.1, 0.15) is 85.5 Å². The topological polar surface area (TPSA) is 60.7 Å². The maximum absolute atomic E-state index is 14.6. The van der Waals surface area contributed by atoms with E-state index in [0.717, 1.165) is 51.4 Å². The maximum Gasteiger partial charge on any atom is 0.298 e. The second-order valence-corrected chi connectivity index (χ2v) is 11.5. The van der Waals surface area contributed by atoms with Crippen LogP contribution in [0.4, 0.5) is 8.78 Å². The van der Waals surface area contributed by atoms with Crippen molar-refractivity contribution >= 4 is 0 Å². The molecular formula is C27H42F2O3. The summed E-state index contributed by atoms with van der Waals surface area (Å²) in [5.74, 6) is -1.84. The number of hydrogen-bond donors (Lipinski definition) is 3. The summed E-state index contributed by atoms with van der Waals surface area (Å²) in [6.07, 6.45) is 8.12. The van der Waals surface area contributed by atoms with Gasteiger partial charge in [-0.1, -0.05) is 51.0 Å². The van der Waals surface area contributed by atoms with Gasteiger partial charge < -0.3 is 15.3 Å². The molecular weight excluding hydrogens is 410 g/mol. The summed E-state index contributed by atoms with van der Waals surface area (Å²) in [6, 6.07) is 0. The van der Waals surface area contributed by atoms with Gasteiger partial charge in [-0.15, -0.1) is 0 Å². The van der Waals surface area contributed by atoms with E-state index in [1.807, 2.05) is 19.9 Å². The number of allylic oxidation sites excluding steroid dienone is 3. The molecule has 3 nitrogen and oxygen atoms in total. The van der Waals surface area contributed by atoms with Crippen molar-refractivity contribution in [3.63, 3.8) is 0 Å². The zero-order valence-electron chi connectivity index (χ0n) is 20.2. The van der Waals surface area contributed by atoms with Crippen LogP contribution in [0.2, 0.25) is 0 Å². The summed E-state index contributed by atoms with van der Waals surface area (Å²) in [6.45, 7) is 12.1. The number of hydrogen-bond acceptors (Lipinski definition) is 3. The van der Waals surface area contributed by atoms with Gasteiger partial charge in [-0.3, -0.25) is 0 Å². The van der Waals surface area contributed by atoms with Crippen molar-refractivity contribution in [3.05, 3.63) is 35.5 Å². The predicted octanol–water partition coefficient (Wildman–Crippen LogP) is 5.95. The van der Waals surface area contributed by atoms with E-state index in [0.29, 0.717) is 17.8 Å². The lowest BCUT2D eigenvalue weighted by atomic mass is 9.60. The first kappa shape index (κ1) is 25.6. The van der Waals surface area contributed by atoms with E-state index in [1.165, 1.54) is 11.6 Å². The smallest absolute Gasteiger partial charge is 0.298 e. The molecule has 0 amide bonds. The SMILES string of the molecule is C=C1/C(=C\C=C2CCC[C@@]3(C)C2CC[C@@H]3[C@H](C)CCCC(C)(C)O)C(F)(F)[C@@H](O)C[C@H]1O. The van der Waals surface area contributed by atoms with Crippen molar-refractivity contribution < 1.29 is 24.1 Å². The molecule has 0 aromatic heterocycles. The predicted molar refractivity (Wildman–Crippen MR) is 124 cm³/mol. The molecule has 3 aliphatic rings. The number of aliphatic hydroxyl groups excluding tert-OH is 2. The molecule has 0 aromatic carbocycles. The van der Waals surface area contributed by atoms with E-state index < -0.39 is 23.7 Å². The monoisotopic (exact) mass is 452 g/mol. The highest BCUT2D eigenvalue weighted by atomic mass is 19.3. The standard InChI is InChI=1S/C27H42F2O3/c1-17(8-6-14-25(3,4)32)20-12-13-22-19(9-7-15-26(20,22)5)10-11-21-18(2)23(30)16-24(31)27(21,28)29/h10-11,17,20,22-24,30-32H,2,6-9,12-16H2,1,3-5H3/b19-10?,21-11+/t17-,20-,22?,23-,24+,26-/m1/s1. The van der Waals surface area contributed by atoms with Crippen LogP contribution in [-0.4, -0.2) is 39.1 Å². The average molecular weight is 453 g/mol. The second-order valence-electron chi connectivity index (χ2n) is 11.5. The van der Waals surface area contributed by atoms with Gasteiger partial charge in [-0.25, -0.2) is 0 Å². The van der Waals surface area contributed by atoms with Gasteiger partial charge in [0.25, 0.3) is 5.92 Å². The van der Waals surface area contributed by atoms with E-state index in [-0.39, 0.29) is 23.0 Å². The van der Waals surface area contributed by atoms with Crippen LogP contribution in [0.5, 0.6) is 0 Å². The molecule has 6 atom stereocenters. The van der Waals surface area contributed by atoms with Crippen LogP contribution >= 0.6 is 0 Å². The fraction of sp³-hybridized carbons (Fsp3) is 0.778. The lowest BCUT2D eigenvalue weighted by Crippen LogP contribution is -2.44. The normalized spacial score (nSPS) is 38.8. The first-order chi connectivity index (χ1) is 14.8. The Morgan fingerprint density at radius 2 is 1.91 bits per heavy atom. The van der Waals surface area contributed by atoms with Gasteiger partial charge in [0, 0.05) is 12.0 Å². The van der Waals surface area contributed by atoms with E-state index in [2.05, 4.69) is 20.4 Å². The highest BCUT2D eigenvalue weighted by Crippen LogP contribution is 2.60. The molecule has 0 spiro atoms. The summed E-state index contributed by atoms with van der Waals surface area (Å²) in [7, 11) is 0.